The van der Waals surface area contributed by atoms with Gasteiger partial charge < -0.3 is 18.0 Å². The van der Waals surface area contributed by atoms with Crippen LogP contribution < -0.4 is 0 Å². The van der Waals surface area contributed by atoms with Crippen LogP contribution in [0.2, 0.25) is 0 Å². The number of hydrogen-bond donors (Lipinski definition) is 0. The van der Waals surface area contributed by atoms with E-state index in [0.717, 1.165) is 88.5 Å². The van der Waals surface area contributed by atoms with Gasteiger partial charge in [-0.3, -0.25) is 0 Å². The number of hydrogen-bond acceptors (Lipinski definition) is 2. The standard InChI is InChI=1S/C68H40N2O2/c1-3-14-49-42(11-1)13-9-20-59(49)70-60-32-26-45(37-55(60)56-40-47(28-34-61(56)70)51-18-10-19-54-52-16-5-8-22-65(52)72-68(51)54)46-27-33-62-58(39-46)67-50-15-4-2-12-43(50)25-35-63(67)69(62)48-30-23-41(24-31-48)44-29-36-66-57(38-44)53-17-6-7-21-64(53)71-66/h1-40H. The van der Waals surface area contributed by atoms with E-state index in [4.69, 9.17) is 8.83 Å². The maximum Gasteiger partial charge on any atom is 0.143 e. The molecule has 0 spiro atoms. The summed E-state index contributed by atoms with van der Waals surface area (Å²) in [7, 11) is 0. The van der Waals surface area contributed by atoms with Gasteiger partial charge in [0.1, 0.15) is 22.3 Å². The highest BCUT2D eigenvalue weighted by Gasteiger charge is 2.21. The Labute approximate surface area is 412 Å². The molecule has 0 atom stereocenters. The largest absolute Gasteiger partial charge is 0.456 e. The summed E-state index contributed by atoms with van der Waals surface area (Å²) in [5, 5.41) is 14.3. The summed E-state index contributed by atoms with van der Waals surface area (Å²) in [5.41, 5.74) is 17.4. The zero-order valence-electron chi connectivity index (χ0n) is 38.8. The van der Waals surface area contributed by atoms with Gasteiger partial charge in [0.25, 0.3) is 0 Å². The number of aromatic nitrogens is 2. The van der Waals surface area contributed by atoms with E-state index in [1.807, 2.05) is 18.2 Å². The molecule has 0 saturated carbocycles. The average Bonchev–Trinajstić information content (AvgIpc) is 4.20. The maximum absolute atomic E-state index is 6.60. The molecule has 0 radical (unpaired) electrons. The SMILES string of the molecule is c1ccc2c(-n3c4ccc(-c5ccc6c(c5)c5c7ccccc7ccc5n6-c5ccc(-c6ccc7oc8ccccc8c7c6)cc5)cc4c4cc(-c5cccc6c5oc5ccccc56)ccc43)cccc2c1. The van der Waals surface area contributed by atoms with E-state index in [2.05, 4.69) is 234 Å². The van der Waals surface area contributed by atoms with Crippen LogP contribution in [-0.4, -0.2) is 9.13 Å². The summed E-state index contributed by atoms with van der Waals surface area (Å²) in [6, 6.07) is 88.3. The zero-order chi connectivity index (χ0) is 47.0. The van der Waals surface area contributed by atoms with E-state index >= 15 is 0 Å². The monoisotopic (exact) mass is 916 g/mol. The molecule has 4 heteroatoms. The van der Waals surface area contributed by atoms with E-state index in [9.17, 15) is 0 Å². The first kappa shape index (κ1) is 39.2. The minimum Gasteiger partial charge on any atom is -0.456 e. The van der Waals surface area contributed by atoms with Gasteiger partial charge in [0.2, 0.25) is 0 Å². The molecule has 0 bridgehead atoms. The molecule has 16 aromatic rings. The second-order valence-electron chi connectivity index (χ2n) is 19.2. The lowest BCUT2D eigenvalue weighted by Gasteiger charge is -2.12. The second kappa shape index (κ2) is 14.9. The fourth-order valence-electron chi connectivity index (χ4n) is 12.0. The van der Waals surface area contributed by atoms with Crippen molar-refractivity contribution in [2.75, 3.05) is 0 Å². The molecule has 0 saturated heterocycles. The van der Waals surface area contributed by atoms with Crippen LogP contribution >= 0.6 is 0 Å². The van der Waals surface area contributed by atoms with Gasteiger partial charge >= 0.3 is 0 Å². The highest BCUT2D eigenvalue weighted by Crippen LogP contribution is 2.44. The molecule has 12 aromatic carbocycles. The number of fused-ring (bicyclic) bond motifs is 15. The van der Waals surface area contributed by atoms with Gasteiger partial charge in [-0.25, -0.2) is 0 Å². The quantitative estimate of drug-likeness (QED) is 0.172. The number of rotatable bonds is 5. The Balaban J connectivity index is 0.880. The third-order valence-electron chi connectivity index (χ3n) is 15.3. The lowest BCUT2D eigenvalue weighted by Crippen LogP contribution is -1.95. The molecule has 4 heterocycles. The summed E-state index contributed by atoms with van der Waals surface area (Å²) in [4.78, 5) is 0. The van der Waals surface area contributed by atoms with E-state index < -0.39 is 0 Å². The van der Waals surface area contributed by atoms with Crippen LogP contribution in [0.5, 0.6) is 0 Å². The first-order valence-electron chi connectivity index (χ1n) is 24.6. The van der Waals surface area contributed by atoms with Gasteiger partial charge in [0.15, 0.2) is 0 Å². The Morgan fingerprint density at radius 3 is 1.54 bits per heavy atom. The fourth-order valence-corrected chi connectivity index (χ4v) is 12.0. The highest BCUT2D eigenvalue weighted by atomic mass is 16.3. The molecule has 0 aliphatic heterocycles. The summed E-state index contributed by atoms with van der Waals surface area (Å²) in [5.74, 6) is 0. The third-order valence-corrected chi connectivity index (χ3v) is 15.3. The molecule has 0 unspecified atom stereocenters. The Kier molecular flexibility index (Phi) is 8.14. The first-order valence-corrected chi connectivity index (χ1v) is 24.6. The minimum atomic E-state index is 0.901. The molecule has 0 fully saturated rings. The van der Waals surface area contributed by atoms with Crippen LogP contribution in [0.1, 0.15) is 0 Å². The number of para-hydroxylation sites is 3. The maximum atomic E-state index is 6.60. The molecule has 0 aliphatic rings. The van der Waals surface area contributed by atoms with Crippen LogP contribution in [0.3, 0.4) is 0 Å². The van der Waals surface area contributed by atoms with Gasteiger partial charge in [-0.1, -0.05) is 158 Å². The molecule has 0 aliphatic carbocycles. The molecule has 334 valence electrons. The molecule has 4 aromatic heterocycles. The zero-order valence-corrected chi connectivity index (χ0v) is 38.8. The topological polar surface area (TPSA) is 36.1 Å². The molecule has 72 heavy (non-hydrogen) atoms. The Hall–Kier alpha value is -9.64. The van der Waals surface area contributed by atoms with Gasteiger partial charge in [-0.15, -0.1) is 0 Å². The summed E-state index contributed by atoms with van der Waals surface area (Å²) < 4.78 is 17.6. The predicted molar refractivity (Wildman–Crippen MR) is 301 cm³/mol. The fraction of sp³-hybridized carbons (Fsp3) is 0. The van der Waals surface area contributed by atoms with Gasteiger partial charge in [-0.2, -0.15) is 0 Å². The number of benzene rings is 12. The lowest BCUT2D eigenvalue weighted by molar-refractivity contribution is 0.669. The predicted octanol–water partition coefficient (Wildman–Crippen LogP) is 19.0. The number of nitrogens with zero attached hydrogens (tertiary/aromatic N) is 2. The van der Waals surface area contributed by atoms with Crippen LogP contribution in [-0.2, 0) is 0 Å². The molecular weight excluding hydrogens is 877 g/mol. The smallest absolute Gasteiger partial charge is 0.143 e. The van der Waals surface area contributed by atoms with Crippen LogP contribution in [0.25, 0.3) is 154 Å². The normalized spacial score (nSPS) is 12.2. The Bertz CT molecular complexity index is 4920. The van der Waals surface area contributed by atoms with Gasteiger partial charge in [-0.05, 0) is 129 Å². The number of furan rings is 2. The van der Waals surface area contributed by atoms with E-state index in [-0.39, 0.29) is 0 Å². The van der Waals surface area contributed by atoms with Gasteiger partial charge in [0.05, 0.1) is 27.8 Å². The summed E-state index contributed by atoms with van der Waals surface area (Å²) in [6.07, 6.45) is 0. The van der Waals surface area contributed by atoms with Gasteiger partial charge in [0, 0.05) is 59.7 Å². The van der Waals surface area contributed by atoms with Crippen molar-refractivity contribution in [3.8, 4) is 44.8 Å². The highest BCUT2D eigenvalue weighted by molar-refractivity contribution is 6.22. The van der Waals surface area contributed by atoms with Crippen molar-refractivity contribution in [3.63, 3.8) is 0 Å². The van der Waals surface area contributed by atoms with E-state index in [1.165, 1.54) is 65.3 Å². The molecular formula is C68H40N2O2. The third kappa shape index (κ3) is 5.69. The summed E-state index contributed by atoms with van der Waals surface area (Å²) >= 11 is 0. The van der Waals surface area contributed by atoms with Crippen molar-refractivity contribution < 1.29 is 8.83 Å². The van der Waals surface area contributed by atoms with Crippen molar-refractivity contribution in [3.05, 3.63) is 243 Å². The molecule has 0 amide bonds. The minimum absolute atomic E-state index is 0.901. The van der Waals surface area contributed by atoms with Crippen LogP contribution in [0.15, 0.2) is 251 Å². The van der Waals surface area contributed by atoms with E-state index in [0.29, 0.717) is 0 Å². The van der Waals surface area contributed by atoms with Crippen LogP contribution in [0, 0.1) is 0 Å². The van der Waals surface area contributed by atoms with Crippen molar-refractivity contribution in [1.29, 1.82) is 0 Å². The Morgan fingerprint density at radius 1 is 0.264 bits per heavy atom. The van der Waals surface area contributed by atoms with Crippen molar-refractivity contribution >= 4 is 109 Å². The van der Waals surface area contributed by atoms with Crippen molar-refractivity contribution in [1.82, 2.24) is 9.13 Å². The van der Waals surface area contributed by atoms with Crippen LogP contribution in [0.4, 0.5) is 0 Å². The second-order valence-corrected chi connectivity index (χ2v) is 19.2. The van der Waals surface area contributed by atoms with Crippen molar-refractivity contribution in [2.24, 2.45) is 0 Å². The first-order chi connectivity index (χ1) is 35.7. The molecule has 16 rings (SSSR count). The lowest BCUT2D eigenvalue weighted by atomic mass is 9.98. The molecule has 0 N–H and O–H groups in total. The Morgan fingerprint density at radius 2 is 0.764 bits per heavy atom. The van der Waals surface area contributed by atoms with E-state index in [1.54, 1.807) is 0 Å². The van der Waals surface area contributed by atoms with Crippen molar-refractivity contribution in [2.45, 2.75) is 0 Å². The average molecular weight is 917 g/mol. The summed E-state index contributed by atoms with van der Waals surface area (Å²) in [6.45, 7) is 0. The molecule has 4 nitrogen and oxygen atoms in total.